The zero-order valence-corrected chi connectivity index (χ0v) is 22.8. The zero-order valence-electron chi connectivity index (χ0n) is 22.8. The van der Waals surface area contributed by atoms with E-state index in [1.54, 1.807) is 0 Å². The fourth-order valence-corrected chi connectivity index (χ4v) is 9.25. The molecular formula is C30H49F3O2. The number of aliphatic hydroxyl groups is 2. The van der Waals surface area contributed by atoms with E-state index in [-0.39, 0.29) is 35.2 Å². The minimum absolute atomic E-state index is 0.0411. The van der Waals surface area contributed by atoms with Crippen LogP contribution in [0.4, 0.5) is 13.2 Å². The summed E-state index contributed by atoms with van der Waals surface area (Å²) >= 11 is 0. The van der Waals surface area contributed by atoms with Crippen molar-refractivity contribution in [3.05, 3.63) is 11.6 Å². The first-order valence-corrected chi connectivity index (χ1v) is 14.2. The SMILES string of the molecule is C[C@H](CC[C@H](O)C(C)(C)C)[C@H]1CC[C@H]2[C@@H]3CC=C4C[C@@H](O)[C@H](C(F)(F)F)CC[C@]4(C)[C@H]3CC[C@]12C. The number of alkyl halides is 3. The lowest BCUT2D eigenvalue weighted by atomic mass is 9.48. The van der Waals surface area contributed by atoms with E-state index in [1.165, 1.54) is 12.8 Å². The first-order valence-electron chi connectivity index (χ1n) is 14.2. The quantitative estimate of drug-likeness (QED) is 0.386. The van der Waals surface area contributed by atoms with E-state index in [0.717, 1.165) is 37.7 Å². The molecule has 35 heavy (non-hydrogen) atoms. The average Bonchev–Trinajstić information content (AvgIpc) is 3.02. The van der Waals surface area contributed by atoms with Crippen LogP contribution in [0.25, 0.3) is 0 Å². The molecule has 0 aromatic heterocycles. The third kappa shape index (κ3) is 4.87. The lowest BCUT2D eigenvalue weighted by molar-refractivity contribution is -0.200. The maximum Gasteiger partial charge on any atom is 0.394 e. The average molecular weight is 499 g/mol. The molecule has 4 aliphatic rings. The molecule has 3 fully saturated rings. The molecule has 2 nitrogen and oxygen atoms in total. The van der Waals surface area contributed by atoms with Gasteiger partial charge in [-0.15, -0.1) is 0 Å². The van der Waals surface area contributed by atoms with Crippen molar-refractivity contribution in [1.29, 1.82) is 0 Å². The van der Waals surface area contributed by atoms with Gasteiger partial charge in [0.1, 0.15) is 0 Å². The molecule has 0 aromatic carbocycles. The van der Waals surface area contributed by atoms with Crippen LogP contribution in [0, 0.1) is 51.8 Å². The molecular weight excluding hydrogens is 449 g/mol. The maximum atomic E-state index is 13.6. The molecule has 202 valence electrons. The molecule has 10 atom stereocenters. The largest absolute Gasteiger partial charge is 0.394 e. The van der Waals surface area contributed by atoms with Crippen LogP contribution < -0.4 is 0 Å². The molecule has 2 N–H and O–H groups in total. The van der Waals surface area contributed by atoms with Crippen LogP contribution in [-0.4, -0.2) is 28.6 Å². The molecule has 3 saturated carbocycles. The van der Waals surface area contributed by atoms with Crippen molar-refractivity contribution in [2.24, 2.45) is 51.8 Å². The molecule has 0 unspecified atom stereocenters. The lowest BCUT2D eigenvalue weighted by Crippen LogP contribution is -2.49. The van der Waals surface area contributed by atoms with E-state index in [4.69, 9.17) is 0 Å². The van der Waals surface area contributed by atoms with Crippen LogP contribution in [-0.2, 0) is 0 Å². The van der Waals surface area contributed by atoms with Crippen molar-refractivity contribution >= 4 is 0 Å². The van der Waals surface area contributed by atoms with Crippen LogP contribution >= 0.6 is 0 Å². The summed E-state index contributed by atoms with van der Waals surface area (Å²) < 4.78 is 40.9. The van der Waals surface area contributed by atoms with Crippen molar-refractivity contribution < 1.29 is 23.4 Å². The fourth-order valence-electron chi connectivity index (χ4n) is 9.25. The van der Waals surface area contributed by atoms with Gasteiger partial charge in [0.05, 0.1) is 18.1 Å². The second kappa shape index (κ2) is 9.33. The van der Waals surface area contributed by atoms with Crippen LogP contribution in [0.5, 0.6) is 0 Å². The van der Waals surface area contributed by atoms with Gasteiger partial charge in [-0.3, -0.25) is 0 Å². The van der Waals surface area contributed by atoms with Gasteiger partial charge in [0.15, 0.2) is 0 Å². The summed E-state index contributed by atoms with van der Waals surface area (Å²) in [4.78, 5) is 0. The summed E-state index contributed by atoms with van der Waals surface area (Å²) in [7, 11) is 0. The Morgan fingerprint density at radius 3 is 2.31 bits per heavy atom. The molecule has 0 radical (unpaired) electrons. The monoisotopic (exact) mass is 498 g/mol. The van der Waals surface area contributed by atoms with E-state index in [9.17, 15) is 23.4 Å². The summed E-state index contributed by atoms with van der Waals surface area (Å²) in [6.07, 6.45) is 4.65. The Hall–Kier alpha value is -0.550. The van der Waals surface area contributed by atoms with Gasteiger partial charge in [0.25, 0.3) is 0 Å². The highest BCUT2D eigenvalue weighted by Gasteiger charge is 2.60. The second-order valence-electron chi connectivity index (χ2n) is 14.4. The number of hydrogen-bond donors (Lipinski definition) is 2. The Bertz CT molecular complexity index is 798. The van der Waals surface area contributed by atoms with Crippen molar-refractivity contribution in [3.63, 3.8) is 0 Å². The van der Waals surface area contributed by atoms with E-state index in [1.807, 2.05) is 0 Å². The topological polar surface area (TPSA) is 40.5 Å². The minimum Gasteiger partial charge on any atom is -0.393 e. The number of allylic oxidation sites excluding steroid dienone is 1. The summed E-state index contributed by atoms with van der Waals surface area (Å²) in [6, 6.07) is 0. The summed E-state index contributed by atoms with van der Waals surface area (Å²) in [6.45, 7) is 13.4. The smallest absolute Gasteiger partial charge is 0.393 e. The van der Waals surface area contributed by atoms with E-state index < -0.39 is 18.2 Å². The highest BCUT2D eigenvalue weighted by Crippen LogP contribution is 2.67. The van der Waals surface area contributed by atoms with E-state index >= 15 is 0 Å². The molecule has 0 spiro atoms. The van der Waals surface area contributed by atoms with Crippen LogP contribution in [0.1, 0.15) is 106 Å². The van der Waals surface area contributed by atoms with Gasteiger partial charge in [-0.25, -0.2) is 0 Å². The van der Waals surface area contributed by atoms with Gasteiger partial charge in [-0.1, -0.05) is 53.2 Å². The Balaban J connectivity index is 1.50. The van der Waals surface area contributed by atoms with Crippen molar-refractivity contribution in [3.8, 4) is 0 Å². The Kier molecular flexibility index (Phi) is 7.32. The zero-order chi connectivity index (χ0) is 26.0. The first kappa shape index (κ1) is 27.5. The van der Waals surface area contributed by atoms with Crippen molar-refractivity contribution in [2.45, 2.75) is 124 Å². The number of fused-ring (bicyclic) bond motifs is 5. The molecule has 4 aliphatic carbocycles. The molecule has 0 bridgehead atoms. The molecule has 0 saturated heterocycles. The number of aliphatic hydroxyl groups excluding tert-OH is 2. The van der Waals surface area contributed by atoms with Gasteiger partial charge in [-0.2, -0.15) is 13.2 Å². The Labute approximate surface area is 211 Å². The molecule has 0 aliphatic heterocycles. The number of hydrogen-bond acceptors (Lipinski definition) is 2. The van der Waals surface area contributed by atoms with Gasteiger partial charge < -0.3 is 10.2 Å². The number of rotatable bonds is 4. The second-order valence-corrected chi connectivity index (χ2v) is 14.4. The van der Waals surface area contributed by atoms with Gasteiger partial charge in [0, 0.05) is 0 Å². The Morgan fingerprint density at radius 1 is 1.00 bits per heavy atom. The first-order chi connectivity index (χ1) is 16.1. The summed E-state index contributed by atoms with van der Waals surface area (Å²) in [5, 5.41) is 21.1. The van der Waals surface area contributed by atoms with Gasteiger partial charge in [0.2, 0.25) is 0 Å². The molecule has 4 rings (SSSR count). The number of halogens is 3. The van der Waals surface area contributed by atoms with Crippen molar-refractivity contribution in [1.82, 2.24) is 0 Å². The van der Waals surface area contributed by atoms with E-state index in [0.29, 0.717) is 36.0 Å². The minimum atomic E-state index is -4.33. The standard InChI is InChI=1S/C30H49F3O2/c1-18(7-12-26(35)27(2,3)4)21-10-11-22-20-9-8-19-17-25(34)24(30(31,32)33)14-15-28(19,5)23(20)13-16-29(21,22)6/h8,18,20-26,34-35H,7,9-17H2,1-6H3/t18-,20+,21-,22+,23+,24-,25-,26+,28+,29-/m1/s1. The fraction of sp³-hybridized carbons (Fsp3) is 0.933. The molecule has 0 amide bonds. The molecule has 0 heterocycles. The highest BCUT2D eigenvalue weighted by atomic mass is 19.4. The highest BCUT2D eigenvalue weighted by molar-refractivity contribution is 5.25. The lowest BCUT2D eigenvalue weighted by Gasteiger charge is -2.57. The predicted molar refractivity (Wildman–Crippen MR) is 135 cm³/mol. The predicted octanol–water partition coefficient (Wildman–Crippen LogP) is 7.93. The molecule has 0 aromatic rings. The molecule has 5 heteroatoms. The maximum absolute atomic E-state index is 13.6. The third-order valence-corrected chi connectivity index (χ3v) is 11.6. The van der Waals surface area contributed by atoms with Crippen LogP contribution in [0.2, 0.25) is 0 Å². The van der Waals surface area contributed by atoms with Crippen LogP contribution in [0.15, 0.2) is 11.6 Å². The van der Waals surface area contributed by atoms with E-state index in [2.05, 4.69) is 47.6 Å². The summed E-state index contributed by atoms with van der Waals surface area (Å²) in [5.74, 6) is 1.23. The van der Waals surface area contributed by atoms with Crippen molar-refractivity contribution in [2.75, 3.05) is 0 Å². The van der Waals surface area contributed by atoms with Gasteiger partial charge in [-0.05, 0) is 110 Å². The van der Waals surface area contributed by atoms with Gasteiger partial charge >= 0.3 is 6.18 Å². The summed E-state index contributed by atoms with van der Waals surface area (Å²) in [5.41, 5.74) is 1.08. The van der Waals surface area contributed by atoms with Crippen LogP contribution in [0.3, 0.4) is 0 Å². The third-order valence-electron chi connectivity index (χ3n) is 11.6. The Morgan fingerprint density at radius 2 is 1.69 bits per heavy atom. The normalized spacial score (nSPS) is 43.9.